The van der Waals surface area contributed by atoms with Gasteiger partial charge >= 0.3 is 0 Å². The third-order valence-corrected chi connectivity index (χ3v) is 3.84. The molecule has 0 fully saturated rings. The number of Topliss-reactive ketones (excluding diaryl/α,β-unsaturated/α-hetero) is 1. The molecule has 0 radical (unpaired) electrons. The van der Waals surface area contributed by atoms with E-state index in [2.05, 4.69) is 26.1 Å². The SMILES string of the molecule is CC(=O)C(C)c1nc(-c2ccc(Br)s2)no1. The number of hydrogen-bond donors (Lipinski definition) is 0. The van der Waals surface area contributed by atoms with Gasteiger partial charge in [0.15, 0.2) is 0 Å². The fourth-order valence-electron chi connectivity index (χ4n) is 1.12. The number of carbonyl (C=O) groups is 1. The molecule has 1 atom stereocenters. The molecule has 0 aliphatic heterocycles. The van der Waals surface area contributed by atoms with E-state index in [0.29, 0.717) is 11.7 Å². The van der Waals surface area contributed by atoms with Crippen LogP contribution in [0.3, 0.4) is 0 Å². The molecule has 16 heavy (non-hydrogen) atoms. The summed E-state index contributed by atoms with van der Waals surface area (Å²) in [5.41, 5.74) is 0. The quantitative estimate of drug-likeness (QED) is 0.873. The molecule has 2 heterocycles. The average Bonchev–Trinajstić information content (AvgIpc) is 2.84. The molecule has 6 heteroatoms. The van der Waals surface area contributed by atoms with Gasteiger partial charge < -0.3 is 4.52 Å². The van der Waals surface area contributed by atoms with Crippen molar-refractivity contribution < 1.29 is 9.32 Å². The first-order valence-electron chi connectivity index (χ1n) is 4.67. The van der Waals surface area contributed by atoms with Crippen molar-refractivity contribution in [2.45, 2.75) is 19.8 Å². The third-order valence-electron chi connectivity index (χ3n) is 2.22. The minimum absolute atomic E-state index is 0.0163. The molecule has 0 aromatic carbocycles. The van der Waals surface area contributed by atoms with E-state index >= 15 is 0 Å². The van der Waals surface area contributed by atoms with Crippen molar-refractivity contribution in [3.8, 4) is 10.7 Å². The molecule has 84 valence electrons. The van der Waals surface area contributed by atoms with Crippen molar-refractivity contribution in [1.82, 2.24) is 10.1 Å². The second kappa shape index (κ2) is 4.47. The highest BCUT2D eigenvalue weighted by Crippen LogP contribution is 2.30. The van der Waals surface area contributed by atoms with Gasteiger partial charge in [0.25, 0.3) is 0 Å². The van der Waals surface area contributed by atoms with Crippen LogP contribution < -0.4 is 0 Å². The Morgan fingerprint density at radius 2 is 2.31 bits per heavy atom. The van der Waals surface area contributed by atoms with Crippen LogP contribution in [0.15, 0.2) is 20.4 Å². The average molecular weight is 301 g/mol. The Labute approximate surface area is 105 Å². The van der Waals surface area contributed by atoms with E-state index in [1.807, 2.05) is 12.1 Å². The molecule has 2 aromatic rings. The number of thiophene rings is 1. The molecule has 0 amide bonds. The Bertz CT molecular complexity index is 520. The Hall–Kier alpha value is -1.01. The number of carbonyl (C=O) groups excluding carboxylic acids is 1. The van der Waals surface area contributed by atoms with Gasteiger partial charge in [0, 0.05) is 0 Å². The van der Waals surface area contributed by atoms with Gasteiger partial charge in [-0.25, -0.2) is 0 Å². The molecule has 1 unspecified atom stereocenters. The van der Waals surface area contributed by atoms with Crippen molar-refractivity contribution in [2.75, 3.05) is 0 Å². The number of ketones is 1. The zero-order chi connectivity index (χ0) is 11.7. The van der Waals surface area contributed by atoms with E-state index < -0.39 is 0 Å². The summed E-state index contributed by atoms with van der Waals surface area (Å²) in [7, 11) is 0. The maximum Gasteiger partial charge on any atom is 0.237 e. The summed E-state index contributed by atoms with van der Waals surface area (Å²) in [6, 6.07) is 3.83. The molecule has 2 aromatic heterocycles. The summed E-state index contributed by atoms with van der Waals surface area (Å²) in [5.74, 6) is 0.568. The molecule has 0 saturated carbocycles. The van der Waals surface area contributed by atoms with Gasteiger partial charge in [-0.15, -0.1) is 11.3 Å². The van der Waals surface area contributed by atoms with E-state index in [1.54, 1.807) is 6.92 Å². The molecule has 2 rings (SSSR count). The lowest BCUT2D eigenvalue weighted by Crippen LogP contribution is -2.04. The first-order chi connectivity index (χ1) is 7.58. The lowest BCUT2D eigenvalue weighted by atomic mass is 10.1. The van der Waals surface area contributed by atoms with Gasteiger partial charge in [-0.2, -0.15) is 4.98 Å². The largest absolute Gasteiger partial charge is 0.338 e. The monoisotopic (exact) mass is 300 g/mol. The maximum atomic E-state index is 11.2. The smallest absolute Gasteiger partial charge is 0.237 e. The van der Waals surface area contributed by atoms with Gasteiger partial charge in [0.1, 0.15) is 5.78 Å². The van der Waals surface area contributed by atoms with Gasteiger partial charge in [-0.1, -0.05) is 5.16 Å². The van der Waals surface area contributed by atoms with Crippen LogP contribution in [0.1, 0.15) is 25.7 Å². The Kier molecular flexibility index (Phi) is 3.20. The highest BCUT2D eigenvalue weighted by Gasteiger charge is 2.19. The second-order valence-corrected chi connectivity index (χ2v) is 5.86. The molecule has 0 aliphatic rings. The molecule has 0 spiro atoms. The van der Waals surface area contributed by atoms with Crippen LogP contribution >= 0.6 is 27.3 Å². The molecular weight excluding hydrogens is 292 g/mol. The molecular formula is C10H9BrN2O2S. The molecule has 0 bridgehead atoms. The van der Waals surface area contributed by atoms with Crippen LogP contribution in [-0.2, 0) is 4.79 Å². The van der Waals surface area contributed by atoms with E-state index in [9.17, 15) is 4.79 Å². The molecule has 4 nitrogen and oxygen atoms in total. The van der Waals surface area contributed by atoms with Crippen LogP contribution in [0.4, 0.5) is 0 Å². The van der Waals surface area contributed by atoms with Crippen molar-refractivity contribution in [2.24, 2.45) is 0 Å². The lowest BCUT2D eigenvalue weighted by molar-refractivity contribution is -0.118. The summed E-state index contributed by atoms with van der Waals surface area (Å²) in [4.78, 5) is 16.3. The fourth-order valence-corrected chi connectivity index (χ4v) is 2.43. The van der Waals surface area contributed by atoms with E-state index in [1.165, 1.54) is 18.3 Å². The minimum atomic E-state index is -0.343. The summed E-state index contributed by atoms with van der Waals surface area (Å²) in [6.07, 6.45) is 0. The van der Waals surface area contributed by atoms with Crippen LogP contribution in [0, 0.1) is 0 Å². The normalized spacial score (nSPS) is 12.7. The third kappa shape index (κ3) is 2.22. The topological polar surface area (TPSA) is 56.0 Å². The highest BCUT2D eigenvalue weighted by molar-refractivity contribution is 9.11. The van der Waals surface area contributed by atoms with Crippen molar-refractivity contribution in [3.05, 3.63) is 21.8 Å². The predicted molar refractivity (Wildman–Crippen MR) is 64.4 cm³/mol. The van der Waals surface area contributed by atoms with Gasteiger partial charge in [0.05, 0.1) is 14.6 Å². The van der Waals surface area contributed by atoms with Crippen LogP contribution in [0.25, 0.3) is 10.7 Å². The molecule has 0 aliphatic carbocycles. The minimum Gasteiger partial charge on any atom is -0.338 e. The van der Waals surface area contributed by atoms with Crippen LogP contribution in [-0.4, -0.2) is 15.9 Å². The molecule has 0 N–H and O–H groups in total. The highest BCUT2D eigenvalue weighted by atomic mass is 79.9. The number of halogens is 1. The summed E-state index contributed by atoms with van der Waals surface area (Å²) in [6.45, 7) is 3.26. The zero-order valence-electron chi connectivity index (χ0n) is 8.73. The predicted octanol–water partition coefficient (Wildman–Crippen LogP) is 3.25. The first-order valence-corrected chi connectivity index (χ1v) is 6.28. The van der Waals surface area contributed by atoms with Crippen LogP contribution in [0.2, 0.25) is 0 Å². The standard InChI is InChI=1S/C10H9BrN2O2S/c1-5(6(2)14)10-12-9(13-15-10)7-3-4-8(11)16-7/h3-5H,1-2H3. The summed E-state index contributed by atoms with van der Waals surface area (Å²) < 4.78 is 6.07. The Morgan fingerprint density at radius 1 is 1.56 bits per heavy atom. The Morgan fingerprint density at radius 3 is 2.88 bits per heavy atom. The van der Waals surface area contributed by atoms with E-state index in [-0.39, 0.29) is 11.7 Å². The van der Waals surface area contributed by atoms with Crippen LogP contribution in [0.5, 0.6) is 0 Å². The number of aromatic nitrogens is 2. The van der Waals surface area contributed by atoms with Crippen molar-refractivity contribution in [3.63, 3.8) is 0 Å². The second-order valence-electron chi connectivity index (χ2n) is 3.39. The van der Waals surface area contributed by atoms with Crippen molar-refractivity contribution in [1.29, 1.82) is 0 Å². The summed E-state index contributed by atoms with van der Waals surface area (Å²) >= 11 is 4.89. The van der Waals surface area contributed by atoms with E-state index in [0.717, 1.165) is 8.66 Å². The van der Waals surface area contributed by atoms with Crippen molar-refractivity contribution >= 4 is 33.0 Å². The number of nitrogens with zero attached hydrogens (tertiary/aromatic N) is 2. The molecule has 0 saturated heterocycles. The lowest BCUT2D eigenvalue weighted by Gasteiger charge is -1.97. The van der Waals surface area contributed by atoms with E-state index in [4.69, 9.17) is 4.52 Å². The van der Waals surface area contributed by atoms with Gasteiger partial charge in [0.2, 0.25) is 11.7 Å². The first kappa shape index (κ1) is 11.5. The number of rotatable bonds is 3. The number of hydrogen-bond acceptors (Lipinski definition) is 5. The summed E-state index contributed by atoms with van der Waals surface area (Å²) in [5, 5.41) is 3.85. The zero-order valence-corrected chi connectivity index (χ0v) is 11.1. The Balaban J connectivity index is 2.29. The fraction of sp³-hybridized carbons (Fsp3) is 0.300. The van der Waals surface area contributed by atoms with Gasteiger partial charge in [-0.3, -0.25) is 4.79 Å². The maximum absolute atomic E-state index is 11.2. The van der Waals surface area contributed by atoms with Gasteiger partial charge in [-0.05, 0) is 41.9 Å².